The Labute approximate surface area is 142 Å². The zero-order chi connectivity index (χ0) is 16.1. The molecule has 112 valence electrons. The van der Waals surface area contributed by atoms with Gasteiger partial charge in [0.05, 0.1) is 12.1 Å². The quantitative estimate of drug-likeness (QED) is 0.663. The molecule has 0 saturated heterocycles. The van der Waals surface area contributed by atoms with Crippen molar-refractivity contribution in [3.63, 3.8) is 0 Å². The average Bonchev–Trinajstić information content (AvgIpc) is 3.04. The van der Waals surface area contributed by atoms with Gasteiger partial charge in [-0.25, -0.2) is 4.68 Å². The van der Waals surface area contributed by atoms with Gasteiger partial charge in [0.15, 0.2) is 5.82 Å². The number of nitriles is 1. The Balaban J connectivity index is 1.95. The Morgan fingerprint density at radius 2 is 1.87 bits per heavy atom. The summed E-state index contributed by atoms with van der Waals surface area (Å²) in [7, 11) is 0. The second-order valence-electron chi connectivity index (χ2n) is 4.83. The first-order chi connectivity index (χ1) is 11.3. The first-order valence-corrected chi connectivity index (χ1v) is 7.74. The Kier molecular flexibility index (Phi) is 4.60. The van der Waals surface area contributed by atoms with E-state index in [1.165, 1.54) is 0 Å². The summed E-state index contributed by atoms with van der Waals surface area (Å²) in [5.41, 5.74) is 2.39. The van der Waals surface area contributed by atoms with E-state index in [4.69, 9.17) is 0 Å². The predicted molar refractivity (Wildman–Crippen MR) is 91.0 cm³/mol. The van der Waals surface area contributed by atoms with Crippen LogP contribution in [-0.2, 0) is 6.54 Å². The molecular formula is C17H12BrN5. The van der Waals surface area contributed by atoms with Gasteiger partial charge >= 0.3 is 0 Å². The molecule has 5 nitrogen and oxygen atoms in total. The van der Waals surface area contributed by atoms with Gasteiger partial charge in [-0.1, -0.05) is 64.5 Å². The fraction of sp³-hybridized carbons (Fsp3) is 0.0588. The van der Waals surface area contributed by atoms with E-state index in [1.54, 1.807) is 10.8 Å². The van der Waals surface area contributed by atoms with Crippen LogP contribution in [0.3, 0.4) is 0 Å². The molecule has 0 bridgehead atoms. The molecule has 1 aromatic heterocycles. The molecule has 1 heterocycles. The maximum absolute atomic E-state index is 9.47. The molecule has 0 aliphatic rings. The van der Waals surface area contributed by atoms with Crippen molar-refractivity contribution in [2.24, 2.45) is 0 Å². The Morgan fingerprint density at radius 1 is 1.13 bits per heavy atom. The summed E-state index contributed by atoms with van der Waals surface area (Å²) in [5.74, 6) is 0.451. The molecular weight excluding hydrogens is 354 g/mol. The average molecular weight is 366 g/mol. The summed E-state index contributed by atoms with van der Waals surface area (Å²) in [4.78, 5) is 0. The molecule has 3 aromatic rings. The first-order valence-electron chi connectivity index (χ1n) is 6.94. The van der Waals surface area contributed by atoms with Gasteiger partial charge in [0.1, 0.15) is 6.07 Å². The maximum Gasteiger partial charge on any atom is 0.193 e. The van der Waals surface area contributed by atoms with Crippen molar-refractivity contribution in [1.82, 2.24) is 20.2 Å². The topological polar surface area (TPSA) is 67.4 Å². The van der Waals surface area contributed by atoms with Gasteiger partial charge in [-0.05, 0) is 33.7 Å². The largest absolute Gasteiger partial charge is 0.220 e. The molecule has 0 radical (unpaired) electrons. The molecule has 23 heavy (non-hydrogen) atoms. The lowest BCUT2D eigenvalue weighted by Crippen LogP contribution is -2.07. The van der Waals surface area contributed by atoms with Crippen molar-refractivity contribution in [2.75, 3.05) is 0 Å². The van der Waals surface area contributed by atoms with E-state index in [9.17, 15) is 5.26 Å². The Hall–Kier alpha value is -2.78. The van der Waals surface area contributed by atoms with Gasteiger partial charge in [-0.2, -0.15) is 5.26 Å². The minimum atomic E-state index is 0.424. The lowest BCUT2D eigenvalue weighted by molar-refractivity contribution is 0.641. The molecule has 2 aromatic carbocycles. The molecule has 6 heteroatoms. The number of tetrazole rings is 1. The molecule has 0 atom stereocenters. The van der Waals surface area contributed by atoms with Gasteiger partial charge in [-0.3, -0.25) is 0 Å². The monoisotopic (exact) mass is 365 g/mol. The summed E-state index contributed by atoms with van der Waals surface area (Å²) in [6.07, 6.45) is 1.78. The van der Waals surface area contributed by atoms with Gasteiger partial charge < -0.3 is 0 Å². The number of hydrogen-bond donors (Lipinski definition) is 0. The van der Waals surface area contributed by atoms with Gasteiger partial charge in [0.2, 0.25) is 0 Å². The maximum atomic E-state index is 9.47. The second-order valence-corrected chi connectivity index (χ2v) is 5.69. The fourth-order valence-electron chi connectivity index (χ4n) is 2.15. The molecule has 0 saturated carbocycles. The number of nitrogens with zero attached hydrogens (tertiary/aromatic N) is 5. The van der Waals surface area contributed by atoms with Crippen LogP contribution in [0.25, 0.3) is 11.6 Å². The SMILES string of the molecule is N#CC(=Cc1ccccc1)c1nnnn1Cc1ccccc1Br. The molecule has 0 fully saturated rings. The number of rotatable bonds is 4. The molecule has 0 aliphatic heterocycles. The normalized spacial score (nSPS) is 11.2. The van der Waals surface area contributed by atoms with Crippen molar-refractivity contribution in [3.05, 3.63) is 76.0 Å². The molecule has 0 amide bonds. The van der Waals surface area contributed by atoms with Gasteiger partial charge in [0.25, 0.3) is 0 Å². The van der Waals surface area contributed by atoms with E-state index in [1.807, 2.05) is 54.6 Å². The fourth-order valence-corrected chi connectivity index (χ4v) is 2.56. The Bertz CT molecular complexity index is 877. The number of halogens is 1. The number of hydrogen-bond acceptors (Lipinski definition) is 4. The zero-order valence-electron chi connectivity index (χ0n) is 12.1. The molecule has 0 spiro atoms. The highest BCUT2D eigenvalue weighted by atomic mass is 79.9. The van der Waals surface area contributed by atoms with Crippen molar-refractivity contribution in [2.45, 2.75) is 6.54 Å². The van der Waals surface area contributed by atoms with Crippen LogP contribution >= 0.6 is 15.9 Å². The lowest BCUT2D eigenvalue weighted by Gasteiger charge is -2.06. The van der Waals surface area contributed by atoms with Crippen LogP contribution in [0.15, 0.2) is 59.1 Å². The van der Waals surface area contributed by atoms with Gasteiger partial charge in [-0.15, -0.1) is 5.10 Å². The van der Waals surface area contributed by atoms with E-state index in [-0.39, 0.29) is 0 Å². The van der Waals surface area contributed by atoms with Crippen LogP contribution in [0.5, 0.6) is 0 Å². The summed E-state index contributed by atoms with van der Waals surface area (Å²) in [5, 5.41) is 21.2. The zero-order valence-corrected chi connectivity index (χ0v) is 13.7. The third kappa shape index (κ3) is 3.52. The van der Waals surface area contributed by atoms with Crippen LogP contribution < -0.4 is 0 Å². The van der Waals surface area contributed by atoms with Crippen molar-refractivity contribution in [1.29, 1.82) is 5.26 Å². The van der Waals surface area contributed by atoms with E-state index in [2.05, 4.69) is 37.5 Å². The third-order valence-electron chi connectivity index (χ3n) is 3.28. The van der Waals surface area contributed by atoms with Crippen LogP contribution in [0.1, 0.15) is 17.0 Å². The van der Waals surface area contributed by atoms with E-state index in [0.29, 0.717) is 17.9 Å². The van der Waals surface area contributed by atoms with E-state index < -0.39 is 0 Å². The smallest absolute Gasteiger partial charge is 0.193 e. The number of benzene rings is 2. The van der Waals surface area contributed by atoms with Crippen molar-refractivity contribution >= 4 is 27.6 Å². The highest BCUT2D eigenvalue weighted by molar-refractivity contribution is 9.10. The van der Waals surface area contributed by atoms with Gasteiger partial charge in [0, 0.05) is 4.47 Å². The number of allylic oxidation sites excluding steroid dienone is 1. The van der Waals surface area contributed by atoms with E-state index >= 15 is 0 Å². The summed E-state index contributed by atoms with van der Waals surface area (Å²) >= 11 is 3.51. The first kappa shape index (κ1) is 15.1. The molecule has 0 unspecified atom stereocenters. The second kappa shape index (κ2) is 6.99. The van der Waals surface area contributed by atoms with Crippen molar-refractivity contribution in [3.8, 4) is 6.07 Å². The lowest BCUT2D eigenvalue weighted by atomic mass is 10.1. The summed E-state index contributed by atoms with van der Waals surface area (Å²) in [6.45, 7) is 0.484. The van der Waals surface area contributed by atoms with Crippen LogP contribution in [0.4, 0.5) is 0 Å². The van der Waals surface area contributed by atoms with E-state index in [0.717, 1.165) is 15.6 Å². The van der Waals surface area contributed by atoms with Crippen LogP contribution in [0, 0.1) is 11.3 Å². The Morgan fingerprint density at radius 3 is 2.61 bits per heavy atom. The number of aromatic nitrogens is 4. The predicted octanol–water partition coefficient (Wildman–Crippen LogP) is 3.55. The minimum Gasteiger partial charge on any atom is -0.220 e. The van der Waals surface area contributed by atoms with Crippen LogP contribution in [0.2, 0.25) is 0 Å². The molecule has 0 aliphatic carbocycles. The highest BCUT2D eigenvalue weighted by Crippen LogP contribution is 2.19. The third-order valence-corrected chi connectivity index (χ3v) is 4.06. The standard InChI is InChI=1S/C17H12BrN5/c18-16-9-5-4-8-14(16)12-23-17(20-21-22-23)15(11-19)10-13-6-2-1-3-7-13/h1-10H,12H2. The molecule has 3 rings (SSSR count). The summed E-state index contributed by atoms with van der Waals surface area (Å²) < 4.78 is 2.60. The minimum absolute atomic E-state index is 0.424. The highest BCUT2D eigenvalue weighted by Gasteiger charge is 2.13. The molecule has 0 N–H and O–H groups in total. The summed E-state index contributed by atoms with van der Waals surface area (Å²) in [6, 6.07) is 19.7. The van der Waals surface area contributed by atoms with Crippen molar-refractivity contribution < 1.29 is 0 Å². The van der Waals surface area contributed by atoms with Crippen LogP contribution in [-0.4, -0.2) is 20.2 Å².